The Morgan fingerprint density at radius 1 is 1.37 bits per heavy atom. The average molecular weight is 257 g/mol. The van der Waals surface area contributed by atoms with E-state index in [1.54, 1.807) is 6.20 Å². The number of carboxylic acid groups (broad SMARTS) is 1. The second kappa shape index (κ2) is 4.50. The van der Waals surface area contributed by atoms with Crippen molar-refractivity contribution in [1.29, 1.82) is 0 Å². The van der Waals surface area contributed by atoms with Gasteiger partial charge in [-0.05, 0) is 18.9 Å². The van der Waals surface area contributed by atoms with Crippen LogP contribution in [0.3, 0.4) is 0 Å². The Balaban J connectivity index is 1.76. The Hall–Kier alpha value is -2.17. The highest BCUT2D eigenvalue weighted by Crippen LogP contribution is 2.41. The van der Waals surface area contributed by atoms with Gasteiger partial charge in [-0.3, -0.25) is 4.79 Å². The number of hydrogen-bond donors (Lipinski definition) is 2. The maximum atomic E-state index is 11.3. The fraction of sp³-hybridized carbons (Fsp3) is 0.357. The molecule has 5 nitrogen and oxygen atoms in total. The summed E-state index contributed by atoms with van der Waals surface area (Å²) in [7, 11) is 0. The third-order valence-electron chi connectivity index (χ3n) is 3.84. The number of nitrogens with one attached hydrogen (secondary N) is 1. The van der Waals surface area contributed by atoms with Gasteiger partial charge in [0, 0.05) is 18.1 Å². The molecule has 1 aliphatic rings. The van der Waals surface area contributed by atoms with Crippen molar-refractivity contribution in [1.82, 2.24) is 9.97 Å². The number of aliphatic carboxylic acids is 1. The number of hydrogen-bond acceptors (Lipinski definition) is 4. The number of para-hydroxylation sites is 1. The molecule has 5 heteroatoms. The first-order valence-corrected chi connectivity index (χ1v) is 6.39. The van der Waals surface area contributed by atoms with Crippen molar-refractivity contribution in [2.24, 2.45) is 5.41 Å². The fourth-order valence-corrected chi connectivity index (χ4v) is 2.38. The van der Waals surface area contributed by atoms with Gasteiger partial charge in [-0.1, -0.05) is 24.6 Å². The highest BCUT2D eigenvalue weighted by Gasteiger charge is 2.44. The maximum absolute atomic E-state index is 11.3. The number of nitrogens with zero attached hydrogens (tertiary/aromatic N) is 2. The molecule has 1 fully saturated rings. The van der Waals surface area contributed by atoms with Crippen molar-refractivity contribution in [3.8, 4) is 0 Å². The van der Waals surface area contributed by atoms with E-state index >= 15 is 0 Å². The van der Waals surface area contributed by atoms with Crippen molar-refractivity contribution >= 4 is 22.8 Å². The van der Waals surface area contributed by atoms with Crippen molar-refractivity contribution in [2.45, 2.75) is 19.3 Å². The Morgan fingerprint density at radius 3 is 2.84 bits per heavy atom. The molecule has 0 bridgehead atoms. The first-order valence-electron chi connectivity index (χ1n) is 6.39. The first-order chi connectivity index (χ1) is 9.20. The topological polar surface area (TPSA) is 75.1 Å². The lowest BCUT2D eigenvalue weighted by atomic mass is 9.69. The van der Waals surface area contributed by atoms with Crippen LogP contribution >= 0.6 is 0 Å². The van der Waals surface area contributed by atoms with Crippen LogP contribution in [-0.4, -0.2) is 27.6 Å². The van der Waals surface area contributed by atoms with E-state index in [2.05, 4.69) is 15.3 Å². The Labute approximate surface area is 110 Å². The van der Waals surface area contributed by atoms with E-state index in [0.29, 0.717) is 12.5 Å². The van der Waals surface area contributed by atoms with Crippen LogP contribution in [0.4, 0.5) is 5.95 Å². The predicted octanol–water partition coefficient (Wildman–Crippen LogP) is 2.30. The molecule has 0 atom stereocenters. The molecule has 1 aromatic heterocycles. The van der Waals surface area contributed by atoms with Crippen LogP contribution in [-0.2, 0) is 4.79 Å². The fourth-order valence-electron chi connectivity index (χ4n) is 2.38. The van der Waals surface area contributed by atoms with E-state index in [9.17, 15) is 9.90 Å². The molecule has 0 aliphatic heterocycles. The number of aromatic nitrogens is 2. The van der Waals surface area contributed by atoms with Crippen LogP contribution < -0.4 is 5.32 Å². The van der Waals surface area contributed by atoms with Crippen LogP contribution in [0.1, 0.15) is 19.3 Å². The summed E-state index contributed by atoms with van der Waals surface area (Å²) < 4.78 is 0. The molecule has 19 heavy (non-hydrogen) atoms. The summed E-state index contributed by atoms with van der Waals surface area (Å²) in [5.41, 5.74) is 0.229. The lowest BCUT2D eigenvalue weighted by Gasteiger charge is -2.37. The Kier molecular flexibility index (Phi) is 2.81. The van der Waals surface area contributed by atoms with Crippen LogP contribution in [0.15, 0.2) is 30.5 Å². The SMILES string of the molecule is O=C(O)C1(CNc2ncc3ccccc3n2)CCC1. The lowest BCUT2D eigenvalue weighted by molar-refractivity contribution is -0.153. The minimum Gasteiger partial charge on any atom is -0.481 e. The first kappa shape index (κ1) is 11.9. The summed E-state index contributed by atoms with van der Waals surface area (Å²) in [5, 5.41) is 13.3. The van der Waals surface area contributed by atoms with Crippen LogP contribution in [0.25, 0.3) is 10.9 Å². The summed E-state index contributed by atoms with van der Waals surface area (Å²) >= 11 is 0. The number of fused-ring (bicyclic) bond motifs is 1. The maximum Gasteiger partial charge on any atom is 0.311 e. The van der Waals surface area contributed by atoms with Crippen molar-refractivity contribution < 1.29 is 9.90 Å². The molecule has 98 valence electrons. The van der Waals surface area contributed by atoms with Crippen LogP contribution in [0.5, 0.6) is 0 Å². The molecular weight excluding hydrogens is 242 g/mol. The zero-order chi connectivity index (χ0) is 13.3. The average Bonchev–Trinajstić information content (AvgIpc) is 2.37. The number of anilines is 1. The molecule has 0 unspecified atom stereocenters. The normalized spacial score (nSPS) is 16.8. The second-order valence-electron chi connectivity index (χ2n) is 5.05. The number of carboxylic acids is 1. The quantitative estimate of drug-likeness (QED) is 0.879. The minimum atomic E-state index is -0.730. The van der Waals surface area contributed by atoms with Gasteiger partial charge in [-0.15, -0.1) is 0 Å². The van der Waals surface area contributed by atoms with E-state index in [-0.39, 0.29) is 0 Å². The third-order valence-corrected chi connectivity index (χ3v) is 3.84. The smallest absolute Gasteiger partial charge is 0.311 e. The second-order valence-corrected chi connectivity index (χ2v) is 5.05. The molecule has 0 saturated heterocycles. The van der Waals surface area contributed by atoms with Crippen molar-refractivity contribution in [3.05, 3.63) is 30.5 Å². The summed E-state index contributed by atoms with van der Waals surface area (Å²) in [6.45, 7) is 0.390. The van der Waals surface area contributed by atoms with Gasteiger partial charge in [0.25, 0.3) is 0 Å². The van der Waals surface area contributed by atoms with Crippen molar-refractivity contribution in [2.75, 3.05) is 11.9 Å². The van der Waals surface area contributed by atoms with Gasteiger partial charge in [0.15, 0.2) is 0 Å². The predicted molar refractivity (Wildman–Crippen MR) is 71.9 cm³/mol. The molecule has 1 aromatic carbocycles. The minimum absolute atomic E-state index is 0.390. The summed E-state index contributed by atoms with van der Waals surface area (Å²) in [6, 6.07) is 7.72. The molecular formula is C14H15N3O2. The number of benzene rings is 1. The Bertz CT molecular complexity index is 623. The largest absolute Gasteiger partial charge is 0.481 e. The highest BCUT2D eigenvalue weighted by molar-refractivity contribution is 5.79. The lowest BCUT2D eigenvalue weighted by Crippen LogP contribution is -2.43. The third kappa shape index (κ3) is 2.12. The van der Waals surface area contributed by atoms with E-state index in [1.165, 1.54) is 0 Å². The summed E-state index contributed by atoms with van der Waals surface area (Å²) in [6.07, 6.45) is 4.18. The number of rotatable bonds is 4. The molecule has 0 amide bonds. The monoisotopic (exact) mass is 257 g/mol. The zero-order valence-corrected chi connectivity index (χ0v) is 10.5. The molecule has 2 N–H and O–H groups in total. The van der Waals surface area contributed by atoms with Crippen molar-refractivity contribution in [3.63, 3.8) is 0 Å². The summed E-state index contributed by atoms with van der Waals surface area (Å²) in [4.78, 5) is 19.8. The van der Waals surface area contributed by atoms with Gasteiger partial charge in [0.05, 0.1) is 10.9 Å². The summed E-state index contributed by atoms with van der Waals surface area (Å²) in [5.74, 6) is -0.238. The molecule has 1 saturated carbocycles. The van der Waals surface area contributed by atoms with Gasteiger partial charge in [0.1, 0.15) is 0 Å². The number of carbonyl (C=O) groups is 1. The van der Waals surface area contributed by atoms with Gasteiger partial charge in [0.2, 0.25) is 5.95 Å². The van der Waals surface area contributed by atoms with Gasteiger partial charge < -0.3 is 10.4 Å². The van der Waals surface area contributed by atoms with Gasteiger partial charge >= 0.3 is 5.97 Å². The molecule has 2 aromatic rings. The van der Waals surface area contributed by atoms with Crippen LogP contribution in [0, 0.1) is 5.41 Å². The van der Waals surface area contributed by atoms with Crippen LogP contribution in [0.2, 0.25) is 0 Å². The molecule has 0 radical (unpaired) electrons. The molecule has 1 heterocycles. The van der Waals surface area contributed by atoms with E-state index in [1.807, 2.05) is 24.3 Å². The van der Waals surface area contributed by atoms with E-state index < -0.39 is 11.4 Å². The zero-order valence-electron chi connectivity index (χ0n) is 10.5. The van der Waals surface area contributed by atoms with E-state index in [0.717, 1.165) is 30.2 Å². The van der Waals surface area contributed by atoms with Gasteiger partial charge in [-0.25, -0.2) is 9.97 Å². The standard InChI is InChI=1S/C14H15N3O2/c18-12(19)14(6-3-7-14)9-16-13-15-8-10-4-1-2-5-11(10)17-13/h1-2,4-5,8H,3,6-7,9H2,(H,18,19)(H,15,16,17). The highest BCUT2D eigenvalue weighted by atomic mass is 16.4. The molecule has 1 aliphatic carbocycles. The molecule has 0 spiro atoms. The van der Waals surface area contributed by atoms with E-state index in [4.69, 9.17) is 0 Å². The Morgan fingerprint density at radius 2 is 2.16 bits per heavy atom. The molecule has 3 rings (SSSR count). The van der Waals surface area contributed by atoms with Gasteiger partial charge in [-0.2, -0.15) is 0 Å².